The monoisotopic (exact) mass is 400 g/mol. The molecule has 0 saturated carbocycles. The largest absolute Gasteiger partial charge is 0.490 e. The number of rotatable bonds is 5. The minimum atomic E-state index is 0.185. The fraction of sp³-hybridized carbons (Fsp3) is 0.346. The summed E-state index contributed by atoms with van der Waals surface area (Å²) in [5.41, 5.74) is 4.77. The standard InChI is InChI=1S/C26H28N2O2/c1-18-5-7-19(8-6-18)20-9-10-21-16-25(30-17-23-4-2-3-13-29-23)24(15-22(21)14-20)26-27-11-12-28-26/h5-10,14-16,23H,2-4,11-13,17H2,1H3,(H,27,28). The number of nitrogens with zero attached hydrogens (tertiary/aromatic N) is 1. The Hall–Kier alpha value is -2.85. The van der Waals surface area contributed by atoms with E-state index in [0.717, 1.165) is 49.7 Å². The molecule has 1 fully saturated rings. The summed E-state index contributed by atoms with van der Waals surface area (Å²) in [5, 5.41) is 5.78. The van der Waals surface area contributed by atoms with Gasteiger partial charge in [-0.25, -0.2) is 0 Å². The summed E-state index contributed by atoms with van der Waals surface area (Å²) in [4.78, 5) is 4.65. The van der Waals surface area contributed by atoms with Gasteiger partial charge in [-0.2, -0.15) is 0 Å². The Labute approximate surface area is 177 Å². The second-order valence-corrected chi connectivity index (χ2v) is 8.23. The predicted molar refractivity (Wildman–Crippen MR) is 123 cm³/mol. The van der Waals surface area contributed by atoms with Crippen molar-refractivity contribution in [3.63, 3.8) is 0 Å². The van der Waals surface area contributed by atoms with Gasteiger partial charge < -0.3 is 14.8 Å². The van der Waals surface area contributed by atoms with Crippen molar-refractivity contribution in [3.8, 4) is 16.9 Å². The van der Waals surface area contributed by atoms with Crippen molar-refractivity contribution in [1.82, 2.24) is 5.32 Å². The van der Waals surface area contributed by atoms with Crippen LogP contribution >= 0.6 is 0 Å². The molecule has 1 atom stereocenters. The third kappa shape index (κ3) is 4.05. The van der Waals surface area contributed by atoms with Gasteiger partial charge in [0.25, 0.3) is 0 Å². The summed E-state index contributed by atoms with van der Waals surface area (Å²) < 4.78 is 12.1. The molecule has 0 amide bonds. The van der Waals surface area contributed by atoms with Crippen LogP contribution in [0.4, 0.5) is 0 Å². The maximum Gasteiger partial charge on any atom is 0.132 e. The molecule has 4 nitrogen and oxygen atoms in total. The number of nitrogens with one attached hydrogen (secondary N) is 1. The zero-order valence-corrected chi connectivity index (χ0v) is 17.5. The highest BCUT2D eigenvalue weighted by Gasteiger charge is 2.19. The van der Waals surface area contributed by atoms with Gasteiger partial charge >= 0.3 is 0 Å². The summed E-state index contributed by atoms with van der Waals surface area (Å²) in [6.45, 7) is 5.23. The maximum absolute atomic E-state index is 6.28. The molecule has 0 aliphatic carbocycles. The smallest absolute Gasteiger partial charge is 0.132 e. The minimum absolute atomic E-state index is 0.185. The van der Waals surface area contributed by atoms with Crippen LogP contribution in [-0.2, 0) is 4.74 Å². The number of fused-ring (bicyclic) bond motifs is 1. The molecule has 5 rings (SSSR count). The van der Waals surface area contributed by atoms with Crippen LogP contribution in [0.25, 0.3) is 21.9 Å². The van der Waals surface area contributed by atoms with Crippen molar-refractivity contribution in [3.05, 3.63) is 65.7 Å². The van der Waals surface area contributed by atoms with Gasteiger partial charge in [0.15, 0.2) is 0 Å². The highest BCUT2D eigenvalue weighted by atomic mass is 16.5. The van der Waals surface area contributed by atoms with E-state index in [-0.39, 0.29) is 6.10 Å². The second-order valence-electron chi connectivity index (χ2n) is 8.23. The molecule has 0 aromatic heterocycles. The Morgan fingerprint density at radius 1 is 1.00 bits per heavy atom. The number of ether oxygens (including phenoxy) is 2. The van der Waals surface area contributed by atoms with Gasteiger partial charge in [-0.3, -0.25) is 4.99 Å². The van der Waals surface area contributed by atoms with Gasteiger partial charge in [0, 0.05) is 13.2 Å². The molecule has 1 unspecified atom stereocenters. The van der Waals surface area contributed by atoms with E-state index in [4.69, 9.17) is 9.47 Å². The number of hydrogen-bond donors (Lipinski definition) is 1. The lowest BCUT2D eigenvalue weighted by atomic mass is 9.98. The zero-order valence-electron chi connectivity index (χ0n) is 17.5. The summed E-state index contributed by atoms with van der Waals surface area (Å²) >= 11 is 0. The van der Waals surface area contributed by atoms with Crippen molar-refractivity contribution in [1.29, 1.82) is 0 Å². The van der Waals surface area contributed by atoms with Gasteiger partial charge in [-0.1, -0.05) is 42.0 Å². The quantitative estimate of drug-likeness (QED) is 0.647. The topological polar surface area (TPSA) is 42.9 Å². The summed E-state index contributed by atoms with van der Waals surface area (Å²) in [6.07, 6.45) is 3.63. The van der Waals surface area contributed by atoms with Crippen LogP contribution in [-0.4, -0.2) is 38.2 Å². The van der Waals surface area contributed by atoms with Crippen molar-refractivity contribution >= 4 is 16.6 Å². The van der Waals surface area contributed by atoms with Crippen LogP contribution < -0.4 is 10.1 Å². The van der Waals surface area contributed by atoms with Crippen molar-refractivity contribution in [2.45, 2.75) is 32.3 Å². The van der Waals surface area contributed by atoms with Crippen LogP contribution in [0.1, 0.15) is 30.4 Å². The Morgan fingerprint density at radius 3 is 2.63 bits per heavy atom. The third-order valence-electron chi connectivity index (χ3n) is 5.95. The van der Waals surface area contributed by atoms with Gasteiger partial charge in [0.2, 0.25) is 0 Å². The normalized spacial score (nSPS) is 18.8. The average Bonchev–Trinajstić information content (AvgIpc) is 3.33. The van der Waals surface area contributed by atoms with Gasteiger partial charge in [-0.15, -0.1) is 0 Å². The first-order valence-electron chi connectivity index (χ1n) is 10.9. The van der Waals surface area contributed by atoms with E-state index in [2.05, 4.69) is 71.8 Å². The Bertz CT molecular complexity index is 1070. The van der Waals surface area contributed by atoms with E-state index in [1.807, 2.05) is 0 Å². The number of aliphatic imine (C=N–C) groups is 1. The molecule has 30 heavy (non-hydrogen) atoms. The molecule has 154 valence electrons. The second kappa shape index (κ2) is 8.49. The van der Waals surface area contributed by atoms with E-state index in [9.17, 15) is 0 Å². The highest BCUT2D eigenvalue weighted by molar-refractivity contribution is 6.06. The van der Waals surface area contributed by atoms with E-state index >= 15 is 0 Å². The SMILES string of the molecule is Cc1ccc(-c2ccc3cc(OCC4CCCCO4)c(C4=NCCN4)cc3c2)cc1. The summed E-state index contributed by atoms with van der Waals surface area (Å²) in [6, 6.07) is 19.7. The van der Waals surface area contributed by atoms with Crippen molar-refractivity contribution in [2.75, 3.05) is 26.3 Å². The first-order valence-corrected chi connectivity index (χ1v) is 10.9. The predicted octanol–water partition coefficient (Wildman–Crippen LogP) is 5.11. The van der Waals surface area contributed by atoms with Gasteiger partial charge in [0.1, 0.15) is 18.2 Å². The molecule has 0 spiro atoms. The molecule has 0 bridgehead atoms. The molecule has 3 aromatic carbocycles. The molecule has 2 aliphatic rings. The lowest BCUT2D eigenvalue weighted by Gasteiger charge is -2.23. The maximum atomic E-state index is 6.28. The molecule has 1 N–H and O–H groups in total. The lowest BCUT2D eigenvalue weighted by molar-refractivity contribution is -0.0110. The number of benzene rings is 3. The third-order valence-corrected chi connectivity index (χ3v) is 5.95. The Morgan fingerprint density at radius 2 is 1.87 bits per heavy atom. The summed E-state index contributed by atoms with van der Waals surface area (Å²) in [5.74, 6) is 1.81. The van der Waals surface area contributed by atoms with E-state index in [1.165, 1.54) is 33.9 Å². The first-order chi connectivity index (χ1) is 14.8. The molecule has 2 heterocycles. The van der Waals surface area contributed by atoms with Crippen molar-refractivity contribution in [2.24, 2.45) is 4.99 Å². The van der Waals surface area contributed by atoms with Crippen LogP contribution in [0.15, 0.2) is 59.6 Å². The zero-order chi connectivity index (χ0) is 20.3. The molecule has 1 saturated heterocycles. The van der Waals surface area contributed by atoms with Crippen LogP contribution in [0.3, 0.4) is 0 Å². The molecular formula is C26H28N2O2. The fourth-order valence-corrected chi connectivity index (χ4v) is 4.21. The molecule has 0 radical (unpaired) electrons. The van der Waals surface area contributed by atoms with Crippen molar-refractivity contribution < 1.29 is 9.47 Å². The molecular weight excluding hydrogens is 372 g/mol. The number of amidine groups is 1. The number of aryl methyl sites for hydroxylation is 1. The van der Waals surface area contributed by atoms with Gasteiger partial charge in [0.05, 0.1) is 18.2 Å². The van der Waals surface area contributed by atoms with E-state index < -0.39 is 0 Å². The molecule has 3 aromatic rings. The summed E-state index contributed by atoms with van der Waals surface area (Å²) in [7, 11) is 0. The number of hydrogen-bond acceptors (Lipinski definition) is 4. The van der Waals surface area contributed by atoms with E-state index in [0.29, 0.717) is 6.61 Å². The van der Waals surface area contributed by atoms with Gasteiger partial charge in [-0.05, 0) is 66.3 Å². The Kier molecular flexibility index (Phi) is 5.41. The first kappa shape index (κ1) is 19.1. The molecule has 2 aliphatic heterocycles. The minimum Gasteiger partial charge on any atom is -0.490 e. The Balaban J connectivity index is 1.49. The molecule has 4 heteroatoms. The fourth-order valence-electron chi connectivity index (χ4n) is 4.21. The van der Waals surface area contributed by atoms with Crippen LogP contribution in [0.2, 0.25) is 0 Å². The van der Waals surface area contributed by atoms with E-state index in [1.54, 1.807) is 0 Å². The van der Waals surface area contributed by atoms with Crippen LogP contribution in [0, 0.1) is 6.92 Å². The highest BCUT2D eigenvalue weighted by Crippen LogP contribution is 2.31. The average molecular weight is 401 g/mol. The van der Waals surface area contributed by atoms with Crippen LogP contribution in [0.5, 0.6) is 5.75 Å². The lowest BCUT2D eigenvalue weighted by Crippen LogP contribution is -2.27.